The maximum absolute atomic E-state index is 6.20. The summed E-state index contributed by atoms with van der Waals surface area (Å²) in [6.45, 7) is 10.5. The van der Waals surface area contributed by atoms with E-state index in [1.54, 1.807) is 0 Å². The van der Waals surface area contributed by atoms with E-state index < -0.39 is 0 Å². The first kappa shape index (κ1) is 14.6. The van der Waals surface area contributed by atoms with Crippen LogP contribution in [0.4, 0.5) is 5.82 Å². The van der Waals surface area contributed by atoms with Crippen LogP contribution in [-0.2, 0) is 0 Å². The predicted octanol–water partition coefficient (Wildman–Crippen LogP) is 3.75. The average Bonchev–Trinajstić information content (AvgIpc) is 2.38. The zero-order valence-corrected chi connectivity index (χ0v) is 13.1. The van der Waals surface area contributed by atoms with Crippen molar-refractivity contribution in [1.82, 2.24) is 9.97 Å². The molecule has 1 aliphatic heterocycles. The summed E-state index contributed by atoms with van der Waals surface area (Å²) in [7, 11) is 0. The van der Waals surface area contributed by atoms with Crippen LogP contribution in [0.25, 0.3) is 0 Å². The Morgan fingerprint density at radius 2 is 1.84 bits per heavy atom. The molecule has 2 rings (SSSR count). The monoisotopic (exact) mass is 281 g/mol. The summed E-state index contributed by atoms with van der Waals surface area (Å²) in [4.78, 5) is 11.6. The van der Waals surface area contributed by atoms with E-state index in [1.807, 2.05) is 6.92 Å². The molecule has 19 heavy (non-hydrogen) atoms. The van der Waals surface area contributed by atoms with Crippen LogP contribution in [0.5, 0.6) is 0 Å². The fourth-order valence-corrected chi connectivity index (χ4v) is 2.83. The van der Waals surface area contributed by atoms with Gasteiger partial charge in [-0.3, -0.25) is 0 Å². The van der Waals surface area contributed by atoms with Gasteiger partial charge >= 0.3 is 0 Å². The number of nitrogens with zero attached hydrogens (tertiary/aromatic N) is 3. The average molecular weight is 282 g/mol. The van der Waals surface area contributed by atoms with Crippen LogP contribution in [0.1, 0.15) is 51.0 Å². The molecule has 0 radical (unpaired) electrons. The zero-order valence-electron chi connectivity index (χ0n) is 12.4. The standard InChI is InChI=1S/C15H24ClN3/c1-10(2)15-17-11(3)9-14(18-15)19-7-5-13(6-8-19)12(4)16/h9-10,12-13H,5-8H2,1-4H3. The zero-order chi connectivity index (χ0) is 14.0. The van der Waals surface area contributed by atoms with Crippen molar-refractivity contribution in [2.24, 2.45) is 5.92 Å². The Balaban J connectivity index is 2.11. The van der Waals surface area contributed by atoms with Crippen molar-refractivity contribution in [2.75, 3.05) is 18.0 Å². The van der Waals surface area contributed by atoms with Crippen molar-refractivity contribution in [2.45, 2.75) is 51.8 Å². The SMILES string of the molecule is Cc1cc(N2CCC(C(C)Cl)CC2)nc(C(C)C)n1. The molecule has 0 aromatic carbocycles. The third-order valence-corrected chi connectivity index (χ3v) is 4.24. The number of anilines is 1. The van der Waals surface area contributed by atoms with E-state index in [9.17, 15) is 0 Å². The molecular formula is C15H24ClN3. The minimum Gasteiger partial charge on any atom is -0.356 e. The second-order valence-corrected chi connectivity index (χ2v) is 6.57. The molecule has 1 aromatic rings. The predicted molar refractivity (Wildman–Crippen MR) is 81.1 cm³/mol. The quantitative estimate of drug-likeness (QED) is 0.790. The largest absolute Gasteiger partial charge is 0.356 e. The fraction of sp³-hybridized carbons (Fsp3) is 0.733. The van der Waals surface area contributed by atoms with Crippen LogP contribution in [0, 0.1) is 12.8 Å². The topological polar surface area (TPSA) is 29.0 Å². The number of piperidine rings is 1. The van der Waals surface area contributed by atoms with E-state index in [0.717, 1.165) is 43.3 Å². The lowest BCUT2D eigenvalue weighted by molar-refractivity contribution is 0.398. The molecule has 1 fully saturated rings. The van der Waals surface area contributed by atoms with Crippen LogP contribution < -0.4 is 4.90 Å². The van der Waals surface area contributed by atoms with E-state index in [2.05, 4.69) is 36.7 Å². The van der Waals surface area contributed by atoms with Gasteiger partial charge in [0.25, 0.3) is 0 Å². The molecule has 4 heteroatoms. The molecule has 0 aliphatic carbocycles. The molecule has 2 heterocycles. The Hall–Kier alpha value is -0.830. The molecule has 1 atom stereocenters. The Kier molecular flexibility index (Phi) is 4.67. The second kappa shape index (κ2) is 6.08. The van der Waals surface area contributed by atoms with Gasteiger partial charge in [0.2, 0.25) is 0 Å². The van der Waals surface area contributed by atoms with Crippen molar-refractivity contribution in [1.29, 1.82) is 0 Å². The van der Waals surface area contributed by atoms with Crippen molar-refractivity contribution >= 4 is 17.4 Å². The van der Waals surface area contributed by atoms with Gasteiger partial charge in [-0.05, 0) is 32.6 Å². The minimum atomic E-state index is 0.278. The molecule has 0 N–H and O–H groups in total. The first-order valence-electron chi connectivity index (χ1n) is 7.22. The molecule has 106 valence electrons. The third kappa shape index (κ3) is 3.59. The van der Waals surface area contributed by atoms with Gasteiger partial charge in [-0.2, -0.15) is 0 Å². The summed E-state index contributed by atoms with van der Waals surface area (Å²) in [6, 6.07) is 2.09. The highest BCUT2D eigenvalue weighted by atomic mass is 35.5. The smallest absolute Gasteiger partial charge is 0.133 e. The molecule has 0 spiro atoms. The number of hydrogen-bond acceptors (Lipinski definition) is 3. The number of aromatic nitrogens is 2. The Morgan fingerprint density at radius 1 is 1.21 bits per heavy atom. The van der Waals surface area contributed by atoms with Gasteiger partial charge in [-0.25, -0.2) is 9.97 Å². The van der Waals surface area contributed by atoms with Crippen LogP contribution >= 0.6 is 11.6 Å². The Labute approximate surface area is 121 Å². The summed E-state index contributed by atoms with van der Waals surface area (Å²) in [5.74, 6) is 3.05. The van der Waals surface area contributed by atoms with Crippen molar-refractivity contribution < 1.29 is 0 Å². The summed E-state index contributed by atoms with van der Waals surface area (Å²) in [5, 5.41) is 0.278. The molecule has 1 saturated heterocycles. The molecule has 0 saturated carbocycles. The minimum absolute atomic E-state index is 0.278. The van der Waals surface area contributed by atoms with E-state index in [1.165, 1.54) is 0 Å². The van der Waals surface area contributed by atoms with E-state index in [4.69, 9.17) is 16.6 Å². The van der Waals surface area contributed by atoms with Gasteiger partial charge in [-0.1, -0.05) is 13.8 Å². The highest BCUT2D eigenvalue weighted by Crippen LogP contribution is 2.27. The van der Waals surface area contributed by atoms with E-state index >= 15 is 0 Å². The second-order valence-electron chi connectivity index (χ2n) is 5.88. The van der Waals surface area contributed by atoms with Crippen molar-refractivity contribution in [3.8, 4) is 0 Å². The molecular weight excluding hydrogens is 258 g/mol. The normalized spacial score (nSPS) is 18.9. The highest BCUT2D eigenvalue weighted by Gasteiger charge is 2.23. The number of aryl methyl sites for hydroxylation is 1. The fourth-order valence-electron chi connectivity index (χ4n) is 2.58. The number of hydrogen-bond donors (Lipinski definition) is 0. The van der Waals surface area contributed by atoms with Crippen LogP contribution in [0.3, 0.4) is 0 Å². The van der Waals surface area contributed by atoms with Gasteiger partial charge in [0, 0.05) is 36.1 Å². The molecule has 1 aromatic heterocycles. The number of halogens is 1. The van der Waals surface area contributed by atoms with E-state index in [-0.39, 0.29) is 5.38 Å². The van der Waals surface area contributed by atoms with Gasteiger partial charge in [0.1, 0.15) is 11.6 Å². The molecule has 1 unspecified atom stereocenters. The summed E-state index contributed by atoms with van der Waals surface area (Å²) in [6.07, 6.45) is 2.31. The van der Waals surface area contributed by atoms with Gasteiger partial charge in [0.15, 0.2) is 0 Å². The number of alkyl halides is 1. The molecule has 3 nitrogen and oxygen atoms in total. The van der Waals surface area contributed by atoms with Gasteiger partial charge in [-0.15, -0.1) is 11.6 Å². The lowest BCUT2D eigenvalue weighted by Crippen LogP contribution is -2.36. The van der Waals surface area contributed by atoms with Crippen LogP contribution in [-0.4, -0.2) is 28.4 Å². The van der Waals surface area contributed by atoms with Gasteiger partial charge in [0.05, 0.1) is 0 Å². The highest BCUT2D eigenvalue weighted by molar-refractivity contribution is 6.20. The maximum atomic E-state index is 6.20. The Bertz CT molecular complexity index is 423. The molecule has 1 aliphatic rings. The first-order valence-corrected chi connectivity index (χ1v) is 7.65. The number of rotatable bonds is 3. The summed E-state index contributed by atoms with van der Waals surface area (Å²) in [5.41, 5.74) is 1.06. The van der Waals surface area contributed by atoms with Crippen molar-refractivity contribution in [3.05, 3.63) is 17.6 Å². The van der Waals surface area contributed by atoms with Crippen LogP contribution in [0.2, 0.25) is 0 Å². The first-order chi connectivity index (χ1) is 8.97. The van der Waals surface area contributed by atoms with Crippen LogP contribution in [0.15, 0.2) is 6.07 Å². The lowest BCUT2D eigenvalue weighted by Gasteiger charge is -2.34. The molecule has 0 amide bonds. The van der Waals surface area contributed by atoms with E-state index in [0.29, 0.717) is 11.8 Å². The third-order valence-electron chi connectivity index (χ3n) is 3.89. The maximum Gasteiger partial charge on any atom is 0.133 e. The van der Waals surface area contributed by atoms with Crippen molar-refractivity contribution in [3.63, 3.8) is 0 Å². The van der Waals surface area contributed by atoms with Gasteiger partial charge < -0.3 is 4.90 Å². The Morgan fingerprint density at radius 3 is 2.37 bits per heavy atom. The lowest BCUT2D eigenvalue weighted by atomic mass is 9.94. The summed E-state index contributed by atoms with van der Waals surface area (Å²) >= 11 is 6.20. The summed E-state index contributed by atoms with van der Waals surface area (Å²) < 4.78 is 0. The molecule has 0 bridgehead atoms.